The highest BCUT2D eigenvalue weighted by Crippen LogP contribution is 2.32. The van der Waals surface area contributed by atoms with Crippen LogP contribution in [0.1, 0.15) is 18.1 Å². The summed E-state index contributed by atoms with van der Waals surface area (Å²) in [4.78, 5) is 31.2. The van der Waals surface area contributed by atoms with Crippen molar-refractivity contribution in [2.24, 2.45) is 0 Å². The van der Waals surface area contributed by atoms with Crippen molar-refractivity contribution < 1.29 is 19.1 Å². The second kappa shape index (κ2) is 8.75. The molecule has 30 heavy (non-hydrogen) atoms. The SMILES string of the molecule is CCN(C(=O)C(=O)N1CCN(Cc2ccc3c(c2)OCO3)CC1)c1cccc(C)c1. The molecule has 158 valence electrons. The van der Waals surface area contributed by atoms with Gasteiger partial charge in [0.1, 0.15) is 0 Å². The summed E-state index contributed by atoms with van der Waals surface area (Å²) in [5.41, 5.74) is 2.97. The molecule has 7 nitrogen and oxygen atoms in total. The first-order valence-electron chi connectivity index (χ1n) is 10.3. The van der Waals surface area contributed by atoms with E-state index in [1.54, 1.807) is 9.80 Å². The average Bonchev–Trinajstić information content (AvgIpc) is 3.22. The molecule has 0 aromatic heterocycles. The van der Waals surface area contributed by atoms with Gasteiger partial charge in [-0.25, -0.2) is 0 Å². The Bertz CT molecular complexity index is 938. The van der Waals surface area contributed by atoms with E-state index in [-0.39, 0.29) is 6.79 Å². The van der Waals surface area contributed by atoms with Crippen molar-refractivity contribution in [2.45, 2.75) is 20.4 Å². The van der Waals surface area contributed by atoms with Crippen LogP contribution in [-0.4, -0.2) is 61.1 Å². The molecule has 0 N–H and O–H groups in total. The Balaban J connectivity index is 1.34. The van der Waals surface area contributed by atoms with E-state index in [0.717, 1.165) is 47.9 Å². The largest absolute Gasteiger partial charge is 0.454 e. The number of benzene rings is 2. The molecule has 0 bridgehead atoms. The zero-order valence-electron chi connectivity index (χ0n) is 17.5. The third kappa shape index (κ3) is 4.26. The lowest BCUT2D eigenvalue weighted by atomic mass is 10.1. The summed E-state index contributed by atoms with van der Waals surface area (Å²) in [6.45, 7) is 7.90. The highest BCUT2D eigenvalue weighted by atomic mass is 16.7. The number of carbonyl (C=O) groups is 2. The second-order valence-electron chi connectivity index (χ2n) is 7.64. The standard InChI is InChI=1S/C23H27N3O4/c1-3-26(19-6-4-5-17(2)13-19)23(28)22(27)25-11-9-24(10-12-25)15-18-7-8-20-21(14-18)30-16-29-20/h4-8,13-14H,3,9-12,15-16H2,1-2H3. The summed E-state index contributed by atoms with van der Waals surface area (Å²) < 4.78 is 10.8. The molecule has 1 fully saturated rings. The van der Waals surface area contributed by atoms with Crippen LogP contribution in [-0.2, 0) is 16.1 Å². The Morgan fingerprint density at radius 2 is 1.77 bits per heavy atom. The number of aryl methyl sites for hydroxylation is 1. The van der Waals surface area contributed by atoms with Crippen LogP contribution in [0, 0.1) is 6.92 Å². The molecule has 2 aliphatic rings. The zero-order valence-corrected chi connectivity index (χ0v) is 17.5. The fraction of sp³-hybridized carbons (Fsp3) is 0.391. The lowest BCUT2D eigenvalue weighted by Crippen LogP contribution is -2.53. The van der Waals surface area contributed by atoms with Crippen molar-refractivity contribution in [2.75, 3.05) is 44.4 Å². The molecule has 7 heteroatoms. The summed E-state index contributed by atoms with van der Waals surface area (Å²) in [7, 11) is 0. The maximum atomic E-state index is 12.9. The molecule has 2 amide bonds. The molecule has 0 saturated carbocycles. The van der Waals surface area contributed by atoms with Crippen LogP contribution in [0.3, 0.4) is 0 Å². The lowest BCUT2D eigenvalue weighted by Gasteiger charge is -2.35. The number of anilines is 1. The molecular formula is C23H27N3O4. The summed E-state index contributed by atoms with van der Waals surface area (Å²) in [5.74, 6) is 0.665. The Hall–Kier alpha value is -3.06. The summed E-state index contributed by atoms with van der Waals surface area (Å²) in [6.07, 6.45) is 0. The van der Waals surface area contributed by atoms with Gasteiger partial charge in [0, 0.05) is 45.0 Å². The average molecular weight is 409 g/mol. The Morgan fingerprint density at radius 3 is 2.50 bits per heavy atom. The Kier molecular flexibility index (Phi) is 5.90. The molecule has 0 unspecified atom stereocenters. The predicted molar refractivity (Wildman–Crippen MR) is 114 cm³/mol. The van der Waals surface area contributed by atoms with E-state index in [1.165, 1.54) is 0 Å². The van der Waals surface area contributed by atoms with Crippen molar-refractivity contribution in [3.63, 3.8) is 0 Å². The molecule has 0 atom stereocenters. The first-order valence-corrected chi connectivity index (χ1v) is 10.3. The van der Waals surface area contributed by atoms with Crippen LogP contribution in [0.5, 0.6) is 11.5 Å². The minimum Gasteiger partial charge on any atom is -0.454 e. The van der Waals surface area contributed by atoms with Gasteiger partial charge in [-0.05, 0) is 49.2 Å². The summed E-state index contributed by atoms with van der Waals surface area (Å²) in [5, 5.41) is 0. The van der Waals surface area contributed by atoms with E-state index >= 15 is 0 Å². The van der Waals surface area contributed by atoms with E-state index in [1.807, 2.05) is 56.3 Å². The molecule has 2 heterocycles. The first kappa shape index (κ1) is 20.2. The smallest absolute Gasteiger partial charge is 0.316 e. The van der Waals surface area contributed by atoms with E-state index in [0.29, 0.717) is 19.6 Å². The van der Waals surface area contributed by atoms with Crippen molar-refractivity contribution >= 4 is 17.5 Å². The second-order valence-corrected chi connectivity index (χ2v) is 7.64. The summed E-state index contributed by atoms with van der Waals surface area (Å²) in [6, 6.07) is 13.6. The number of ether oxygens (including phenoxy) is 2. The van der Waals surface area contributed by atoms with Crippen LogP contribution >= 0.6 is 0 Å². The Labute approximate surface area is 176 Å². The third-order valence-corrected chi connectivity index (χ3v) is 5.56. The van der Waals surface area contributed by atoms with Crippen molar-refractivity contribution in [1.29, 1.82) is 0 Å². The fourth-order valence-corrected chi connectivity index (χ4v) is 3.90. The van der Waals surface area contributed by atoms with Gasteiger partial charge in [0.25, 0.3) is 0 Å². The summed E-state index contributed by atoms with van der Waals surface area (Å²) >= 11 is 0. The minimum absolute atomic E-state index is 0.269. The van der Waals surface area contributed by atoms with Crippen molar-refractivity contribution in [3.05, 3.63) is 53.6 Å². The van der Waals surface area contributed by atoms with Gasteiger partial charge >= 0.3 is 11.8 Å². The number of hydrogen-bond acceptors (Lipinski definition) is 5. The fourth-order valence-electron chi connectivity index (χ4n) is 3.90. The molecule has 2 aromatic rings. The van der Waals surface area contributed by atoms with Crippen molar-refractivity contribution in [1.82, 2.24) is 9.80 Å². The van der Waals surface area contributed by atoms with Crippen LogP contribution in [0.2, 0.25) is 0 Å². The number of nitrogens with zero attached hydrogens (tertiary/aromatic N) is 3. The van der Waals surface area contributed by atoms with Crippen molar-refractivity contribution in [3.8, 4) is 11.5 Å². The normalized spacial score (nSPS) is 15.9. The van der Waals surface area contributed by atoms with Gasteiger partial charge in [-0.1, -0.05) is 18.2 Å². The number of piperazine rings is 1. The van der Waals surface area contributed by atoms with Crippen LogP contribution < -0.4 is 14.4 Å². The first-order chi connectivity index (χ1) is 14.5. The van der Waals surface area contributed by atoms with Gasteiger partial charge in [0.15, 0.2) is 11.5 Å². The van der Waals surface area contributed by atoms with E-state index in [4.69, 9.17) is 9.47 Å². The maximum Gasteiger partial charge on any atom is 0.316 e. The lowest BCUT2D eigenvalue weighted by molar-refractivity contribution is -0.145. The number of amides is 2. The molecule has 4 rings (SSSR count). The zero-order chi connectivity index (χ0) is 21.1. The minimum atomic E-state index is -0.465. The van der Waals surface area contributed by atoms with Gasteiger partial charge in [0.05, 0.1) is 0 Å². The highest BCUT2D eigenvalue weighted by Gasteiger charge is 2.30. The monoisotopic (exact) mass is 409 g/mol. The predicted octanol–water partition coefficient (Wildman–Crippen LogP) is 2.42. The molecule has 0 spiro atoms. The topological polar surface area (TPSA) is 62.3 Å². The molecule has 0 aliphatic carbocycles. The van der Waals surface area contributed by atoms with Crippen LogP contribution in [0.25, 0.3) is 0 Å². The number of fused-ring (bicyclic) bond motifs is 1. The Morgan fingerprint density at radius 1 is 1.00 bits per heavy atom. The van der Waals surface area contributed by atoms with Crippen LogP contribution in [0.4, 0.5) is 5.69 Å². The number of likely N-dealkylation sites (N-methyl/N-ethyl adjacent to an activating group) is 1. The number of hydrogen-bond donors (Lipinski definition) is 0. The quantitative estimate of drug-likeness (QED) is 0.726. The number of carbonyl (C=O) groups excluding carboxylic acids is 2. The highest BCUT2D eigenvalue weighted by molar-refractivity contribution is 6.40. The van der Waals surface area contributed by atoms with Gasteiger partial charge in [-0.15, -0.1) is 0 Å². The number of rotatable bonds is 4. The molecule has 1 saturated heterocycles. The maximum absolute atomic E-state index is 12.9. The van der Waals surface area contributed by atoms with E-state index < -0.39 is 11.8 Å². The molecule has 2 aromatic carbocycles. The molecular weight excluding hydrogens is 382 g/mol. The van der Waals surface area contributed by atoms with Crippen LogP contribution in [0.15, 0.2) is 42.5 Å². The van der Waals surface area contributed by atoms with Gasteiger partial charge in [-0.3, -0.25) is 14.5 Å². The van der Waals surface area contributed by atoms with Gasteiger partial charge in [-0.2, -0.15) is 0 Å². The third-order valence-electron chi connectivity index (χ3n) is 5.56. The molecule has 0 radical (unpaired) electrons. The van der Waals surface area contributed by atoms with Gasteiger partial charge in [0.2, 0.25) is 6.79 Å². The van der Waals surface area contributed by atoms with E-state index in [2.05, 4.69) is 4.90 Å². The van der Waals surface area contributed by atoms with E-state index in [9.17, 15) is 9.59 Å². The van der Waals surface area contributed by atoms with Gasteiger partial charge < -0.3 is 19.3 Å². The molecule has 2 aliphatic heterocycles.